The molecule has 0 saturated heterocycles. The third-order valence-corrected chi connectivity index (χ3v) is 3.82. The molecule has 0 aliphatic rings. The number of hydrogen-bond donors (Lipinski definition) is 2. The Morgan fingerprint density at radius 1 is 0.917 bits per heavy atom. The molecular weight excluding hydrogens is 298 g/mol. The van der Waals surface area contributed by atoms with Gasteiger partial charge < -0.3 is 15.2 Å². The highest BCUT2D eigenvalue weighted by molar-refractivity contribution is 5.34. The number of nitrogens with zero attached hydrogens (tertiary/aromatic N) is 3. The fraction of sp³-hybridized carbons (Fsp3) is 0.263. The van der Waals surface area contributed by atoms with Crippen LogP contribution in [0.15, 0.2) is 67.4 Å². The van der Waals surface area contributed by atoms with Gasteiger partial charge in [0.25, 0.3) is 0 Å². The summed E-state index contributed by atoms with van der Waals surface area (Å²) < 4.78 is 2.01. The predicted octanol–water partition coefficient (Wildman–Crippen LogP) is 3.25. The van der Waals surface area contributed by atoms with E-state index in [4.69, 9.17) is 0 Å². The summed E-state index contributed by atoms with van der Waals surface area (Å²) in [5.41, 5.74) is 2.43. The van der Waals surface area contributed by atoms with Crippen molar-refractivity contribution >= 4 is 5.82 Å². The molecule has 0 atom stereocenters. The van der Waals surface area contributed by atoms with E-state index in [1.54, 1.807) is 6.20 Å². The molecule has 1 aromatic carbocycles. The predicted molar refractivity (Wildman–Crippen MR) is 97.2 cm³/mol. The first kappa shape index (κ1) is 16.2. The highest BCUT2D eigenvalue weighted by Crippen LogP contribution is 2.09. The van der Waals surface area contributed by atoms with Crippen LogP contribution < -0.4 is 10.6 Å². The van der Waals surface area contributed by atoms with Gasteiger partial charge in [-0.25, -0.2) is 9.97 Å². The summed E-state index contributed by atoms with van der Waals surface area (Å²) >= 11 is 0. The largest absolute Gasteiger partial charge is 0.370 e. The molecule has 5 heteroatoms. The molecule has 0 bridgehead atoms. The molecule has 124 valence electrons. The summed E-state index contributed by atoms with van der Waals surface area (Å²) in [5.74, 6) is 0.948. The van der Waals surface area contributed by atoms with Crippen LogP contribution in [0.25, 0.3) is 5.69 Å². The lowest BCUT2D eigenvalue weighted by molar-refractivity contribution is 0.632. The normalized spacial score (nSPS) is 10.7. The Hall–Kier alpha value is -2.66. The molecule has 2 heterocycles. The molecule has 0 radical (unpaired) electrons. The van der Waals surface area contributed by atoms with Gasteiger partial charge in [-0.2, -0.15) is 0 Å². The van der Waals surface area contributed by atoms with E-state index in [0.717, 1.165) is 44.0 Å². The van der Waals surface area contributed by atoms with E-state index in [1.165, 1.54) is 5.56 Å². The van der Waals surface area contributed by atoms with Crippen molar-refractivity contribution in [3.05, 3.63) is 72.9 Å². The molecular formula is C19H23N5. The number of anilines is 1. The van der Waals surface area contributed by atoms with E-state index in [-0.39, 0.29) is 0 Å². The Bertz CT molecular complexity index is 692. The lowest BCUT2D eigenvalue weighted by Gasteiger charge is -2.08. The van der Waals surface area contributed by atoms with Crippen LogP contribution in [0.1, 0.15) is 18.4 Å². The van der Waals surface area contributed by atoms with E-state index >= 15 is 0 Å². The van der Waals surface area contributed by atoms with Crippen molar-refractivity contribution in [2.24, 2.45) is 0 Å². The Morgan fingerprint density at radius 3 is 2.54 bits per heavy atom. The minimum absolute atomic E-state index is 0.901. The van der Waals surface area contributed by atoms with Crippen LogP contribution in [0.4, 0.5) is 5.82 Å². The molecule has 0 spiro atoms. The van der Waals surface area contributed by atoms with Crippen molar-refractivity contribution in [3.8, 4) is 5.69 Å². The van der Waals surface area contributed by atoms with Crippen LogP contribution in [0.2, 0.25) is 0 Å². The van der Waals surface area contributed by atoms with Gasteiger partial charge in [-0.1, -0.05) is 18.2 Å². The SMILES string of the molecule is c1ccc(NCCCCNCc2ccc(-n3ccnc3)cc2)nc1. The van der Waals surface area contributed by atoms with E-state index in [9.17, 15) is 0 Å². The monoisotopic (exact) mass is 321 g/mol. The van der Waals surface area contributed by atoms with Crippen LogP contribution in [-0.4, -0.2) is 27.6 Å². The third kappa shape index (κ3) is 4.93. The fourth-order valence-electron chi connectivity index (χ4n) is 2.49. The second-order valence-corrected chi connectivity index (χ2v) is 5.66. The minimum Gasteiger partial charge on any atom is -0.370 e. The quantitative estimate of drug-likeness (QED) is 0.594. The van der Waals surface area contributed by atoms with Crippen molar-refractivity contribution < 1.29 is 0 Å². The average Bonchev–Trinajstić information content (AvgIpc) is 3.17. The Kier molecular flexibility index (Phi) is 5.97. The molecule has 3 aromatic rings. The van der Waals surface area contributed by atoms with Gasteiger partial charge in [0.1, 0.15) is 5.82 Å². The van der Waals surface area contributed by atoms with Crippen molar-refractivity contribution in [1.82, 2.24) is 19.9 Å². The summed E-state index contributed by atoms with van der Waals surface area (Å²) in [6.45, 7) is 2.88. The Morgan fingerprint density at radius 2 is 1.79 bits per heavy atom. The van der Waals surface area contributed by atoms with E-state index in [2.05, 4.69) is 44.9 Å². The van der Waals surface area contributed by atoms with E-state index < -0.39 is 0 Å². The first-order valence-electron chi connectivity index (χ1n) is 8.35. The Labute approximate surface area is 142 Å². The lowest BCUT2D eigenvalue weighted by Crippen LogP contribution is -2.15. The molecule has 0 amide bonds. The molecule has 0 fully saturated rings. The molecule has 2 aromatic heterocycles. The van der Waals surface area contributed by atoms with Gasteiger partial charge in [-0.15, -0.1) is 0 Å². The fourth-order valence-corrected chi connectivity index (χ4v) is 2.49. The van der Waals surface area contributed by atoms with Crippen molar-refractivity contribution in [1.29, 1.82) is 0 Å². The summed E-state index contributed by atoms with van der Waals surface area (Å²) in [6.07, 6.45) is 9.63. The first-order valence-corrected chi connectivity index (χ1v) is 8.35. The molecule has 2 N–H and O–H groups in total. The van der Waals surface area contributed by atoms with Gasteiger partial charge in [-0.3, -0.25) is 0 Å². The van der Waals surface area contributed by atoms with Gasteiger partial charge in [0, 0.05) is 37.4 Å². The molecule has 24 heavy (non-hydrogen) atoms. The number of aromatic nitrogens is 3. The van der Waals surface area contributed by atoms with Gasteiger partial charge in [-0.05, 0) is 49.2 Å². The number of imidazole rings is 1. The maximum absolute atomic E-state index is 4.25. The van der Waals surface area contributed by atoms with Crippen molar-refractivity contribution in [2.45, 2.75) is 19.4 Å². The number of unbranched alkanes of at least 4 members (excludes halogenated alkanes) is 1. The van der Waals surface area contributed by atoms with Gasteiger partial charge in [0.05, 0.1) is 6.33 Å². The van der Waals surface area contributed by atoms with Crippen molar-refractivity contribution in [3.63, 3.8) is 0 Å². The summed E-state index contributed by atoms with van der Waals surface area (Å²) in [7, 11) is 0. The van der Waals surface area contributed by atoms with Gasteiger partial charge in [0.15, 0.2) is 0 Å². The summed E-state index contributed by atoms with van der Waals surface area (Å²) in [5, 5.41) is 6.82. The zero-order chi connectivity index (χ0) is 16.5. The smallest absolute Gasteiger partial charge is 0.125 e. The standard InChI is InChI=1S/C19H23N5/c1-2-11-22-19(5-1)23-12-4-3-10-20-15-17-6-8-18(9-7-17)24-14-13-21-16-24/h1-2,5-9,11,13-14,16,20H,3-4,10,12,15H2,(H,22,23). The minimum atomic E-state index is 0.901. The molecule has 5 nitrogen and oxygen atoms in total. The maximum Gasteiger partial charge on any atom is 0.125 e. The third-order valence-electron chi connectivity index (χ3n) is 3.82. The molecule has 0 aliphatic carbocycles. The highest BCUT2D eigenvalue weighted by Gasteiger charge is 1.97. The zero-order valence-corrected chi connectivity index (χ0v) is 13.7. The van der Waals surface area contributed by atoms with E-state index in [1.807, 2.05) is 41.5 Å². The highest BCUT2D eigenvalue weighted by atomic mass is 15.0. The number of nitrogens with one attached hydrogen (secondary N) is 2. The summed E-state index contributed by atoms with van der Waals surface area (Å²) in [6, 6.07) is 14.5. The zero-order valence-electron chi connectivity index (χ0n) is 13.7. The number of benzene rings is 1. The maximum atomic E-state index is 4.25. The van der Waals surface area contributed by atoms with E-state index in [0.29, 0.717) is 0 Å². The number of hydrogen-bond acceptors (Lipinski definition) is 4. The van der Waals surface area contributed by atoms with Gasteiger partial charge in [0.2, 0.25) is 0 Å². The molecule has 0 saturated carbocycles. The number of pyridine rings is 1. The van der Waals surface area contributed by atoms with Crippen LogP contribution in [-0.2, 0) is 6.54 Å². The molecule has 3 rings (SSSR count). The first-order chi connectivity index (χ1) is 11.9. The lowest BCUT2D eigenvalue weighted by atomic mass is 10.2. The second-order valence-electron chi connectivity index (χ2n) is 5.66. The second kappa shape index (κ2) is 8.84. The number of rotatable bonds is 9. The topological polar surface area (TPSA) is 54.8 Å². The Balaban J connectivity index is 1.29. The van der Waals surface area contributed by atoms with Crippen LogP contribution in [0.3, 0.4) is 0 Å². The average molecular weight is 321 g/mol. The molecule has 0 unspecified atom stereocenters. The van der Waals surface area contributed by atoms with Gasteiger partial charge >= 0.3 is 0 Å². The van der Waals surface area contributed by atoms with Crippen LogP contribution >= 0.6 is 0 Å². The molecule has 0 aliphatic heterocycles. The van der Waals surface area contributed by atoms with Crippen molar-refractivity contribution in [2.75, 3.05) is 18.4 Å². The van der Waals surface area contributed by atoms with Crippen LogP contribution in [0, 0.1) is 0 Å². The summed E-state index contributed by atoms with van der Waals surface area (Å²) in [4.78, 5) is 8.31. The van der Waals surface area contributed by atoms with Crippen LogP contribution in [0.5, 0.6) is 0 Å².